The number of fused-ring (bicyclic) bond motifs is 1. The predicted molar refractivity (Wildman–Crippen MR) is 138 cm³/mol. The van der Waals surface area contributed by atoms with Crippen molar-refractivity contribution in [3.63, 3.8) is 0 Å². The van der Waals surface area contributed by atoms with Gasteiger partial charge in [-0.3, -0.25) is 14.7 Å². The fraction of sp³-hybridized carbons (Fsp3) is 0.778. The largest absolute Gasteiger partial charge is 0.294 e. The molecule has 0 fully saturated rings. The summed E-state index contributed by atoms with van der Waals surface area (Å²) < 4.78 is 32.5. The average Bonchev–Trinajstić information content (AvgIpc) is 3.20. The van der Waals surface area contributed by atoms with Gasteiger partial charge in [0.25, 0.3) is 15.8 Å². The highest BCUT2D eigenvalue weighted by atomic mass is 32.2. The lowest BCUT2D eigenvalue weighted by Crippen LogP contribution is -2.04. The lowest BCUT2D eigenvalue weighted by atomic mass is 9.94. The topological polar surface area (TPSA) is 97.5 Å². The Bertz CT molecular complexity index is 853. The molecule has 1 aromatic carbocycles. The molecule has 0 radical (unpaired) electrons. The number of nitro groups is 1. The number of unbranched alkanes of at least 4 members (excludes halogenated alkanes) is 15. The van der Waals surface area contributed by atoms with Gasteiger partial charge in [-0.05, 0) is 36.8 Å². The quantitative estimate of drug-likeness (QED) is 0.0897. The van der Waals surface area contributed by atoms with Crippen LogP contribution in [-0.4, -0.2) is 17.9 Å². The normalized spacial score (nSPS) is 15.5. The highest BCUT2D eigenvalue weighted by Crippen LogP contribution is 2.42. The molecular weight excluding hydrogens is 450 g/mol. The van der Waals surface area contributed by atoms with Crippen LogP contribution in [-0.2, 0) is 16.5 Å². The molecule has 0 aromatic heterocycles. The van der Waals surface area contributed by atoms with Crippen LogP contribution in [0.15, 0.2) is 17.0 Å². The van der Waals surface area contributed by atoms with Gasteiger partial charge in [0.2, 0.25) is 0 Å². The summed E-state index contributed by atoms with van der Waals surface area (Å²) >= 11 is 0. The van der Waals surface area contributed by atoms with Crippen molar-refractivity contribution in [3.8, 4) is 0 Å². The molecule has 0 aliphatic heterocycles. The minimum Gasteiger partial charge on any atom is -0.282 e. The van der Waals surface area contributed by atoms with Gasteiger partial charge in [0.05, 0.1) is 4.92 Å². The van der Waals surface area contributed by atoms with Gasteiger partial charge in [0, 0.05) is 11.6 Å². The van der Waals surface area contributed by atoms with Crippen LogP contribution in [0.25, 0.3) is 0 Å². The Hall–Kier alpha value is -1.47. The van der Waals surface area contributed by atoms with Gasteiger partial charge in [-0.25, -0.2) is 0 Å². The van der Waals surface area contributed by atoms with Crippen LogP contribution in [0.2, 0.25) is 0 Å². The molecule has 1 N–H and O–H groups in total. The minimum absolute atomic E-state index is 0.141. The van der Waals surface area contributed by atoms with E-state index in [0.717, 1.165) is 37.3 Å². The van der Waals surface area contributed by atoms with Gasteiger partial charge in [0.15, 0.2) is 0 Å². The average molecular weight is 496 g/mol. The first kappa shape index (κ1) is 28.8. The highest BCUT2D eigenvalue weighted by Gasteiger charge is 2.31. The van der Waals surface area contributed by atoms with Crippen molar-refractivity contribution in [2.24, 2.45) is 0 Å². The van der Waals surface area contributed by atoms with E-state index >= 15 is 0 Å². The van der Waals surface area contributed by atoms with Crippen LogP contribution in [0.5, 0.6) is 0 Å². The maximum absolute atomic E-state index is 11.6. The predicted octanol–water partition coefficient (Wildman–Crippen LogP) is 8.52. The Morgan fingerprint density at radius 1 is 0.853 bits per heavy atom. The van der Waals surface area contributed by atoms with E-state index in [1.807, 2.05) is 0 Å². The van der Waals surface area contributed by atoms with Crippen LogP contribution < -0.4 is 0 Å². The molecule has 0 amide bonds. The number of rotatable bonds is 19. The molecule has 0 bridgehead atoms. The van der Waals surface area contributed by atoms with Crippen molar-refractivity contribution in [2.75, 3.05) is 0 Å². The second kappa shape index (κ2) is 15.5. The molecule has 7 heteroatoms. The lowest BCUT2D eigenvalue weighted by molar-refractivity contribution is -0.385. The zero-order valence-corrected chi connectivity index (χ0v) is 21.9. The first-order valence-corrected chi connectivity index (χ1v) is 15.1. The third-order valence-electron chi connectivity index (χ3n) is 7.32. The minimum atomic E-state index is -4.46. The number of benzene rings is 1. The van der Waals surface area contributed by atoms with Crippen LogP contribution in [0.4, 0.5) is 5.69 Å². The maximum atomic E-state index is 11.6. The Morgan fingerprint density at radius 3 is 1.76 bits per heavy atom. The van der Waals surface area contributed by atoms with E-state index in [1.165, 1.54) is 96.0 Å². The number of nitrogens with zero attached hydrogens (tertiary/aromatic N) is 1. The van der Waals surface area contributed by atoms with Gasteiger partial charge in [-0.15, -0.1) is 0 Å². The Labute approximate surface area is 206 Å². The van der Waals surface area contributed by atoms with Gasteiger partial charge >= 0.3 is 0 Å². The summed E-state index contributed by atoms with van der Waals surface area (Å²) in [6, 6.07) is 2.44. The molecule has 2 rings (SSSR count). The number of hydrogen-bond donors (Lipinski definition) is 1. The zero-order chi connectivity index (χ0) is 24.8. The van der Waals surface area contributed by atoms with Crippen molar-refractivity contribution in [3.05, 3.63) is 33.4 Å². The molecule has 1 unspecified atom stereocenters. The highest BCUT2D eigenvalue weighted by molar-refractivity contribution is 7.85. The van der Waals surface area contributed by atoms with Crippen molar-refractivity contribution in [1.82, 2.24) is 0 Å². The molecular formula is C27H45NO5S. The zero-order valence-electron chi connectivity index (χ0n) is 21.1. The smallest absolute Gasteiger partial charge is 0.282 e. The molecule has 0 saturated heterocycles. The first-order valence-electron chi connectivity index (χ1n) is 13.6. The van der Waals surface area contributed by atoms with E-state index < -0.39 is 15.0 Å². The summed E-state index contributed by atoms with van der Waals surface area (Å²) in [6.07, 6.45) is 23.4. The molecule has 1 aliphatic rings. The molecule has 0 saturated carbocycles. The van der Waals surface area contributed by atoms with Crippen molar-refractivity contribution in [2.45, 2.75) is 140 Å². The summed E-state index contributed by atoms with van der Waals surface area (Å²) in [5, 5.41) is 11.4. The van der Waals surface area contributed by atoms with Crippen molar-refractivity contribution < 1.29 is 17.9 Å². The van der Waals surface area contributed by atoms with E-state index in [1.54, 1.807) is 0 Å². The van der Waals surface area contributed by atoms with Gasteiger partial charge in [0.1, 0.15) is 4.90 Å². The molecule has 0 heterocycles. The Morgan fingerprint density at radius 2 is 1.32 bits per heavy atom. The monoisotopic (exact) mass is 495 g/mol. The SMILES string of the molecule is CCCCCCCCCCCCCCCCCCC1CCc2c1cc(S(=O)(=O)O)cc2[N+](=O)[O-]. The molecule has 34 heavy (non-hydrogen) atoms. The molecule has 1 aromatic rings. The first-order chi connectivity index (χ1) is 16.3. The summed E-state index contributed by atoms with van der Waals surface area (Å²) in [5.41, 5.74) is 1.20. The van der Waals surface area contributed by atoms with Crippen LogP contribution >= 0.6 is 0 Å². The summed E-state index contributed by atoms with van der Waals surface area (Å²) in [6.45, 7) is 2.26. The van der Waals surface area contributed by atoms with E-state index in [0.29, 0.717) is 12.0 Å². The van der Waals surface area contributed by atoms with Gasteiger partial charge in [-0.1, -0.05) is 110 Å². The summed E-state index contributed by atoms with van der Waals surface area (Å²) in [4.78, 5) is 10.5. The van der Waals surface area contributed by atoms with Crippen LogP contribution in [0.3, 0.4) is 0 Å². The number of nitro benzene ring substituents is 1. The molecule has 194 valence electrons. The van der Waals surface area contributed by atoms with E-state index in [4.69, 9.17) is 0 Å². The Balaban J connectivity index is 1.56. The second-order valence-corrected chi connectivity index (χ2v) is 11.5. The van der Waals surface area contributed by atoms with E-state index in [2.05, 4.69) is 6.92 Å². The van der Waals surface area contributed by atoms with Crippen molar-refractivity contribution >= 4 is 15.8 Å². The van der Waals surface area contributed by atoms with Gasteiger partial charge in [-0.2, -0.15) is 8.42 Å². The fourth-order valence-electron chi connectivity index (χ4n) is 5.31. The van der Waals surface area contributed by atoms with Crippen LogP contribution in [0, 0.1) is 10.1 Å². The lowest BCUT2D eigenvalue weighted by Gasteiger charge is -2.12. The third kappa shape index (κ3) is 10.0. The molecule has 6 nitrogen and oxygen atoms in total. The molecule has 1 aliphatic carbocycles. The summed E-state index contributed by atoms with van der Waals surface area (Å²) in [7, 11) is -4.46. The second-order valence-electron chi connectivity index (χ2n) is 10.1. The van der Waals surface area contributed by atoms with E-state index in [-0.39, 0.29) is 16.5 Å². The maximum Gasteiger partial charge on any atom is 0.294 e. The standard InChI is InChI=1S/C27H45NO5S/c1-2-3-4-5-6-7-8-9-10-11-12-13-14-15-16-17-18-23-19-20-25-26(23)21-24(34(31,32)33)22-27(25)28(29)30/h21-23H,2-20H2,1H3,(H,31,32,33). The molecule has 1 atom stereocenters. The van der Waals surface area contributed by atoms with Gasteiger partial charge < -0.3 is 0 Å². The fourth-order valence-corrected chi connectivity index (χ4v) is 5.85. The number of hydrogen-bond acceptors (Lipinski definition) is 4. The summed E-state index contributed by atoms with van der Waals surface area (Å²) in [5.74, 6) is 0.141. The third-order valence-corrected chi connectivity index (χ3v) is 8.15. The molecule has 0 spiro atoms. The van der Waals surface area contributed by atoms with Crippen LogP contribution in [0.1, 0.15) is 140 Å². The Kier molecular flexibility index (Phi) is 13.1. The van der Waals surface area contributed by atoms with E-state index in [9.17, 15) is 23.1 Å². The van der Waals surface area contributed by atoms with Crippen molar-refractivity contribution in [1.29, 1.82) is 0 Å².